The van der Waals surface area contributed by atoms with E-state index in [1.54, 1.807) is 0 Å². The van der Waals surface area contributed by atoms with Crippen molar-refractivity contribution in [3.63, 3.8) is 0 Å². The molecule has 1 aliphatic heterocycles. The summed E-state index contributed by atoms with van der Waals surface area (Å²) in [4.78, 5) is 25.6. The molecule has 1 aromatic carbocycles. The van der Waals surface area contributed by atoms with Gasteiger partial charge in [-0.2, -0.15) is 0 Å². The van der Waals surface area contributed by atoms with E-state index in [-0.39, 0.29) is 5.56 Å². The molecule has 0 amide bonds. The molecule has 1 aliphatic rings. The molecule has 0 unspecified atom stereocenters. The maximum Gasteiger partial charge on any atom is 0.270 e. The first kappa shape index (κ1) is 14.4. The Hall–Kier alpha value is -2.18. The fourth-order valence-corrected chi connectivity index (χ4v) is 3.84. The van der Waals surface area contributed by atoms with E-state index in [0.717, 1.165) is 42.1 Å². The van der Waals surface area contributed by atoms with E-state index >= 15 is 0 Å². The van der Waals surface area contributed by atoms with E-state index in [1.165, 1.54) is 11.3 Å². The highest BCUT2D eigenvalue weighted by Gasteiger charge is 2.18. The van der Waals surface area contributed by atoms with Crippen molar-refractivity contribution in [1.29, 1.82) is 0 Å². The van der Waals surface area contributed by atoms with Crippen LogP contribution >= 0.6 is 11.3 Å². The Morgan fingerprint density at radius 2 is 1.87 bits per heavy atom. The molecule has 0 aliphatic carbocycles. The van der Waals surface area contributed by atoms with Gasteiger partial charge in [-0.25, -0.2) is 4.98 Å². The summed E-state index contributed by atoms with van der Waals surface area (Å²) in [6.45, 7) is 3.75. The summed E-state index contributed by atoms with van der Waals surface area (Å²) in [7, 11) is 2.11. The van der Waals surface area contributed by atoms with Crippen LogP contribution in [0.25, 0.3) is 20.7 Å². The van der Waals surface area contributed by atoms with Crippen LogP contribution in [0.15, 0.2) is 41.2 Å². The number of fused-ring (bicyclic) bond motifs is 1. The Morgan fingerprint density at radius 1 is 1.13 bits per heavy atom. The van der Waals surface area contributed by atoms with Crippen LogP contribution in [0.1, 0.15) is 0 Å². The minimum absolute atomic E-state index is 0.0453. The highest BCUT2D eigenvalue weighted by atomic mass is 32.1. The average molecular weight is 326 g/mol. The zero-order valence-electron chi connectivity index (χ0n) is 13.0. The molecule has 1 saturated heterocycles. The largest absolute Gasteiger partial charge is 0.340 e. The molecular weight excluding hydrogens is 308 g/mol. The Bertz CT molecular complexity index is 878. The van der Waals surface area contributed by atoms with Gasteiger partial charge >= 0.3 is 0 Å². The number of aromatic nitrogens is 2. The van der Waals surface area contributed by atoms with Gasteiger partial charge in [0.25, 0.3) is 5.56 Å². The zero-order valence-corrected chi connectivity index (χ0v) is 13.8. The normalized spacial score (nSPS) is 16.1. The van der Waals surface area contributed by atoms with Crippen molar-refractivity contribution in [1.82, 2.24) is 14.9 Å². The predicted molar refractivity (Wildman–Crippen MR) is 95.4 cm³/mol. The van der Waals surface area contributed by atoms with Gasteiger partial charge in [-0.15, -0.1) is 11.3 Å². The van der Waals surface area contributed by atoms with Crippen LogP contribution < -0.4 is 10.5 Å². The number of hydrogen-bond acceptors (Lipinski definition) is 5. The van der Waals surface area contributed by atoms with E-state index in [0.29, 0.717) is 10.6 Å². The lowest BCUT2D eigenvalue weighted by Gasteiger charge is -2.32. The quantitative estimate of drug-likeness (QED) is 0.786. The van der Waals surface area contributed by atoms with Gasteiger partial charge in [0.15, 0.2) is 0 Å². The lowest BCUT2D eigenvalue weighted by molar-refractivity contribution is 0.311. The number of aromatic amines is 1. The first-order chi connectivity index (χ1) is 11.2. The first-order valence-electron chi connectivity index (χ1n) is 7.73. The SMILES string of the molecule is CN1CCN(c2nc3cc(-c4ccccc4)sc3c(=O)[nH]2)CC1. The third-order valence-electron chi connectivity index (χ3n) is 4.23. The molecule has 1 fully saturated rings. The second-order valence-corrected chi connectivity index (χ2v) is 6.92. The Labute approximate surface area is 138 Å². The second kappa shape index (κ2) is 5.79. The minimum Gasteiger partial charge on any atom is -0.340 e. The number of anilines is 1. The molecule has 4 rings (SSSR count). The van der Waals surface area contributed by atoms with Gasteiger partial charge in [0.05, 0.1) is 5.52 Å². The van der Waals surface area contributed by atoms with Crippen molar-refractivity contribution in [2.75, 3.05) is 38.1 Å². The molecule has 0 bridgehead atoms. The van der Waals surface area contributed by atoms with Crippen LogP contribution in [0.4, 0.5) is 5.95 Å². The molecule has 6 heteroatoms. The van der Waals surface area contributed by atoms with Gasteiger partial charge < -0.3 is 9.80 Å². The van der Waals surface area contributed by atoms with Crippen molar-refractivity contribution in [2.24, 2.45) is 0 Å². The lowest BCUT2D eigenvalue weighted by atomic mass is 10.2. The van der Waals surface area contributed by atoms with Crippen molar-refractivity contribution in [3.05, 3.63) is 46.8 Å². The molecule has 0 radical (unpaired) electrons. The standard InChI is InChI=1S/C17H18N4OS/c1-20-7-9-21(10-8-20)17-18-13-11-14(12-5-3-2-4-6-12)23-15(13)16(22)19-17/h2-6,11H,7-10H2,1H3,(H,18,19,22). The Balaban J connectivity index is 1.74. The van der Waals surface area contributed by atoms with Gasteiger partial charge in [0.2, 0.25) is 5.95 Å². The summed E-state index contributed by atoms with van der Waals surface area (Å²) in [5, 5.41) is 0. The summed E-state index contributed by atoms with van der Waals surface area (Å²) in [6.07, 6.45) is 0. The average Bonchev–Trinajstić information content (AvgIpc) is 3.01. The molecule has 0 spiro atoms. The summed E-state index contributed by atoms with van der Waals surface area (Å²) in [5.74, 6) is 0.688. The third-order valence-corrected chi connectivity index (χ3v) is 5.40. The molecule has 2 aromatic heterocycles. The van der Waals surface area contributed by atoms with Crippen LogP contribution in [0, 0.1) is 0 Å². The molecule has 118 valence electrons. The summed E-state index contributed by atoms with van der Waals surface area (Å²) < 4.78 is 0.696. The van der Waals surface area contributed by atoms with E-state index in [9.17, 15) is 4.79 Å². The number of hydrogen-bond donors (Lipinski definition) is 1. The number of nitrogens with zero attached hydrogens (tertiary/aromatic N) is 3. The molecule has 23 heavy (non-hydrogen) atoms. The van der Waals surface area contributed by atoms with Gasteiger partial charge in [-0.3, -0.25) is 9.78 Å². The van der Waals surface area contributed by atoms with Gasteiger partial charge in [0, 0.05) is 31.1 Å². The summed E-state index contributed by atoms with van der Waals surface area (Å²) in [5.41, 5.74) is 1.86. The minimum atomic E-state index is -0.0453. The molecule has 0 saturated carbocycles. The van der Waals surface area contributed by atoms with Crippen LogP contribution in [-0.2, 0) is 0 Å². The number of H-pyrrole nitrogens is 1. The predicted octanol–water partition coefficient (Wildman–Crippen LogP) is 2.40. The Morgan fingerprint density at radius 3 is 2.61 bits per heavy atom. The lowest BCUT2D eigenvalue weighted by Crippen LogP contribution is -2.45. The monoisotopic (exact) mass is 326 g/mol. The van der Waals surface area contributed by atoms with Crippen molar-refractivity contribution in [2.45, 2.75) is 0 Å². The second-order valence-electron chi connectivity index (χ2n) is 5.87. The molecule has 3 aromatic rings. The molecule has 3 heterocycles. The molecular formula is C17H18N4OS. The first-order valence-corrected chi connectivity index (χ1v) is 8.55. The van der Waals surface area contributed by atoms with Crippen LogP contribution in [-0.4, -0.2) is 48.1 Å². The summed E-state index contributed by atoms with van der Waals surface area (Å²) >= 11 is 1.50. The molecule has 5 nitrogen and oxygen atoms in total. The van der Waals surface area contributed by atoms with Gasteiger partial charge in [0.1, 0.15) is 4.70 Å². The van der Waals surface area contributed by atoms with Crippen molar-refractivity contribution >= 4 is 27.5 Å². The number of thiophene rings is 1. The number of benzene rings is 1. The zero-order chi connectivity index (χ0) is 15.8. The van der Waals surface area contributed by atoms with Crippen LogP contribution in [0.3, 0.4) is 0 Å². The third kappa shape index (κ3) is 2.75. The summed E-state index contributed by atoms with van der Waals surface area (Å²) in [6, 6.07) is 12.1. The van der Waals surface area contributed by atoms with Crippen molar-refractivity contribution in [3.8, 4) is 10.4 Å². The number of nitrogens with one attached hydrogen (secondary N) is 1. The maximum absolute atomic E-state index is 12.4. The highest BCUT2D eigenvalue weighted by molar-refractivity contribution is 7.22. The van der Waals surface area contributed by atoms with Crippen LogP contribution in [0.5, 0.6) is 0 Å². The van der Waals surface area contributed by atoms with Gasteiger partial charge in [-0.1, -0.05) is 30.3 Å². The van der Waals surface area contributed by atoms with E-state index in [2.05, 4.69) is 34.0 Å². The van der Waals surface area contributed by atoms with E-state index in [1.807, 2.05) is 24.3 Å². The number of piperazine rings is 1. The molecule has 1 N–H and O–H groups in total. The fraction of sp³-hybridized carbons (Fsp3) is 0.294. The number of likely N-dealkylation sites (N-methyl/N-ethyl adjacent to an activating group) is 1. The molecule has 0 atom stereocenters. The smallest absolute Gasteiger partial charge is 0.270 e. The van der Waals surface area contributed by atoms with Gasteiger partial charge in [-0.05, 0) is 18.7 Å². The number of rotatable bonds is 2. The van der Waals surface area contributed by atoms with E-state index < -0.39 is 0 Å². The Kier molecular flexibility index (Phi) is 3.63. The highest BCUT2D eigenvalue weighted by Crippen LogP contribution is 2.31. The van der Waals surface area contributed by atoms with E-state index in [4.69, 9.17) is 4.98 Å². The topological polar surface area (TPSA) is 52.2 Å². The maximum atomic E-state index is 12.4. The van der Waals surface area contributed by atoms with Crippen LogP contribution in [0.2, 0.25) is 0 Å². The van der Waals surface area contributed by atoms with Crippen molar-refractivity contribution < 1.29 is 0 Å². The fourth-order valence-electron chi connectivity index (χ4n) is 2.84.